The van der Waals surface area contributed by atoms with Gasteiger partial charge < -0.3 is 9.88 Å². The van der Waals surface area contributed by atoms with E-state index in [-0.39, 0.29) is 6.04 Å². The van der Waals surface area contributed by atoms with Crippen molar-refractivity contribution < 1.29 is 8.42 Å². The molecular formula is C14H26N4O2S. The maximum absolute atomic E-state index is 12.4. The molecule has 1 saturated carbocycles. The topological polar surface area (TPSA) is 66.4 Å². The molecule has 0 spiro atoms. The molecule has 0 aromatic carbocycles. The molecule has 1 heterocycles. The number of nitrogens with zero attached hydrogens (tertiary/aromatic N) is 2. The number of aromatic nitrogens is 1. The minimum atomic E-state index is -3.44. The number of hydrogen-bond acceptors (Lipinski definition) is 4. The molecule has 120 valence electrons. The van der Waals surface area contributed by atoms with Crippen LogP contribution in [0, 0.1) is 0 Å². The Labute approximate surface area is 127 Å². The maximum atomic E-state index is 12.4. The fraction of sp³-hybridized carbons (Fsp3) is 0.714. The first-order valence-electron chi connectivity index (χ1n) is 7.36. The Hall–Kier alpha value is -0.890. The Morgan fingerprint density at radius 3 is 2.71 bits per heavy atom. The molecule has 21 heavy (non-hydrogen) atoms. The number of sulfonamides is 1. The van der Waals surface area contributed by atoms with Crippen LogP contribution in [0.4, 0.5) is 0 Å². The van der Waals surface area contributed by atoms with Gasteiger partial charge in [0.25, 0.3) is 0 Å². The van der Waals surface area contributed by atoms with E-state index in [1.54, 1.807) is 12.3 Å². The van der Waals surface area contributed by atoms with E-state index in [4.69, 9.17) is 0 Å². The van der Waals surface area contributed by atoms with Crippen molar-refractivity contribution in [2.75, 3.05) is 20.6 Å². The predicted octanol–water partition coefficient (Wildman–Crippen LogP) is 0.506. The van der Waals surface area contributed by atoms with Crippen molar-refractivity contribution in [1.82, 2.24) is 19.5 Å². The smallest absolute Gasteiger partial charge is 0.242 e. The van der Waals surface area contributed by atoms with Gasteiger partial charge in [-0.3, -0.25) is 4.90 Å². The van der Waals surface area contributed by atoms with Gasteiger partial charge in [-0.05, 0) is 39.9 Å². The van der Waals surface area contributed by atoms with Gasteiger partial charge in [0, 0.05) is 44.1 Å². The molecule has 0 saturated heterocycles. The van der Waals surface area contributed by atoms with Gasteiger partial charge in [-0.25, -0.2) is 13.1 Å². The van der Waals surface area contributed by atoms with Crippen molar-refractivity contribution in [1.29, 1.82) is 0 Å². The van der Waals surface area contributed by atoms with Crippen LogP contribution < -0.4 is 10.0 Å². The first kappa shape index (κ1) is 16.5. The number of nitrogens with one attached hydrogen (secondary N) is 2. The summed E-state index contributed by atoms with van der Waals surface area (Å²) in [6.45, 7) is 3.14. The van der Waals surface area contributed by atoms with Crippen LogP contribution in [0.3, 0.4) is 0 Å². The Kier molecular flexibility index (Phi) is 5.08. The van der Waals surface area contributed by atoms with Crippen molar-refractivity contribution in [2.45, 2.75) is 43.3 Å². The number of rotatable bonds is 8. The van der Waals surface area contributed by atoms with Gasteiger partial charge >= 0.3 is 0 Å². The van der Waals surface area contributed by atoms with E-state index >= 15 is 0 Å². The van der Waals surface area contributed by atoms with E-state index in [0.717, 1.165) is 5.69 Å². The molecule has 2 N–H and O–H groups in total. The molecule has 1 aromatic heterocycles. The van der Waals surface area contributed by atoms with Gasteiger partial charge in [0.15, 0.2) is 0 Å². The summed E-state index contributed by atoms with van der Waals surface area (Å²) in [7, 11) is 2.32. The average Bonchev–Trinajstić information content (AvgIpc) is 3.21. The zero-order valence-corrected chi connectivity index (χ0v) is 14.1. The van der Waals surface area contributed by atoms with Crippen LogP contribution in [0.2, 0.25) is 0 Å². The Morgan fingerprint density at radius 2 is 2.14 bits per heavy atom. The summed E-state index contributed by atoms with van der Waals surface area (Å²) in [4.78, 5) is 2.58. The third kappa shape index (κ3) is 4.06. The van der Waals surface area contributed by atoms with Crippen molar-refractivity contribution in [3.05, 3.63) is 18.0 Å². The van der Waals surface area contributed by atoms with E-state index < -0.39 is 10.0 Å². The molecule has 6 nitrogen and oxygen atoms in total. The van der Waals surface area contributed by atoms with Gasteiger partial charge in [0.1, 0.15) is 0 Å². The van der Waals surface area contributed by atoms with Gasteiger partial charge in [-0.15, -0.1) is 0 Å². The molecule has 1 unspecified atom stereocenters. The van der Waals surface area contributed by atoms with Crippen LogP contribution in [-0.4, -0.2) is 50.6 Å². The summed E-state index contributed by atoms with van der Waals surface area (Å²) < 4.78 is 29.3. The Morgan fingerprint density at radius 1 is 1.48 bits per heavy atom. The maximum Gasteiger partial charge on any atom is 0.242 e. The molecule has 2 rings (SSSR count). The third-order valence-corrected chi connectivity index (χ3v) is 5.53. The third-order valence-electron chi connectivity index (χ3n) is 4.14. The summed E-state index contributed by atoms with van der Waals surface area (Å²) >= 11 is 0. The zero-order chi connectivity index (χ0) is 15.6. The van der Waals surface area contributed by atoms with Crippen LogP contribution in [0.5, 0.6) is 0 Å². The molecule has 1 aromatic rings. The zero-order valence-electron chi connectivity index (χ0n) is 13.3. The monoisotopic (exact) mass is 314 g/mol. The lowest BCUT2D eigenvalue weighted by molar-refractivity contribution is 0.248. The van der Waals surface area contributed by atoms with Gasteiger partial charge in [-0.2, -0.15) is 0 Å². The highest BCUT2D eigenvalue weighted by atomic mass is 32.2. The fourth-order valence-electron chi connectivity index (χ4n) is 2.38. The second-order valence-corrected chi connectivity index (χ2v) is 7.67. The first-order valence-corrected chi connectivity index (χ1v) is 8.85. The minimum Gasteiger partial charge on any atom is -0.352 e. The van der Waals surface area contributed by atoms with Crippen molar-refractivity contribution >= 4 is 10.0 Å². The minimum absolute atomic E-state index is 0.202. The average molecular weight is 314 g/mol. The predicted molar refractivity (Wildman–Crippen MR) is 83.6 cm³/mol. The molecule has 0 aliphatic heterocycles. The van der Waals surface area contributed by atoms with Crippen LogP contribution in [0.1, 0.15) is 25.5 Å². The quantitative estimate of drug-likeness (QED) is 0.733. The normalized spacial score (nSPS) is 17.4. The van der Waals surface area contributed by atoms with Crippen molar-refractivity contribution in [2.24, 2.45) is 7.05 Å². The van der Waals surface area contributed by atoms with E-state index in [9.17, 15) is 8.42 Å². The summed E-state index contributed by atoms with van der Waals surface area (Å²) in [6, 6.07) is 2.55. The van der Waals surface area contributed by atoms with E-state index in [1.165, 1.54) is 12.8 Å². The number of aryl methyl sites for hydroxylation is 1. The van der Waals surface area contributed by atoms with Crippen LogP contribution in [-0.2, 0) is 23.6 Å². The largest absolute Gasteiger partial charge is 0.352 e. The SMILES string of the molecule is CNCc1cc(S(=O)(=O)NCC(C)N(C)C2CC2)cn1C. The highest BCUT2D eigenvalue weighted by Crippen LogP contribution is 2.26. The molecule has 1 aliphatic rings. The fourth-order valence-corrected chi connectivity index (χ4v) is 3.60. The highest BCUT2D eigenvalue weighted by molar-refractivity contribution is 7.89. The molecule has 1 atom stereocenters. The summed E-state index contributed by atoms with van der Waals surface area (Å²) in [6.07, 6.45) is 4.10. The first-order chi connectivity index (χ1) is 9.85. The van der Waals surface area contributed by atoms with Crippen molar-refractivity contribution in [3.8, 4) is 0 Å². The Bertz CT molecular complexity index is 578. The highest BCUT2D eigenvalue weighted by Gasteiger charge is 2.29. The lowest BCUT2D eigenvalue weighted by atomic mass is 10.3. The summed E-state index contributed by atoms with van der Waals surface area (Å²) in [5.41, 5.74) is 0.945. The molecule has 0 radical (unpaired) electrons. The standard InChI is InChI=1S/C14H26N4O2S/c1-11(18(4)12-5-6-12)8-16-21(19,20)14-7-13(9-15-2)17(3)10-14/h7,10-12,15-16H,5-6,8-9H2,1-4H3. The van der Waals surface area contributed by atoms with E-state index in [2.05, 4.69) is 28.9 Å². The van der Waals surface area contributed by atoms with Gasteiger partial charge in [0.05, 0.1) is 4.90 Å². The van der Waals surface area contributed by atoms with Crippen LogP contribution in [0.15, 0.2) is 17.2 Å². The lowest BCUT2D eigenvalue weighted by Crippen LogP contribution is -2.41. The van der Waals surface area contributed by atoms with E-state index in [0.29, 0.717) is 24.0 Å². The molecule has 0 amide bonds. The van der Waals surface area contributed by atoms with Gasteiger partial charge in [0.2, 0.25) is 10.0 Å². The van der Waals surface area contributed by atoms with Crippen molar-refractivity contribution in [3.63, 3.8) is 0 Å². The molecule has 0 bridgehead atoms. The van der Waals surface area contributed by atoms with Crippen LogP contribution in [0.25, 0.3) is 0 Å². The number of likely N-dealkylation sites (N-methyl/N-ethyl adjacent to an activating group) is 1. The number of hydrogen-bond donors (Lipinski definition) is 2. The molecule has 1 aliphatic carbocycles. The van der Waals surface area contributed by atoms with Gasteiger partial charge in [-0.1, -0.05) is 0 Å². The Balaban J connectivity index is 1.99. The lowest BCUT2D eigenvalue weighted by Gasteiger charge is -2.24. The van der Waals surface area contributed by atoms with Crippen LogP contribution >= 0.6 is 0 Å². The molecular weight excluding hydrogens is 288 g/mol. The second-order valence-electron chi connectivity index (χ2n) is 5.91. The summed E-state index contributed by atoms with van der Waals surface area (Å²) in [5, 5.41) is 3.03. The molecule has 1 fully saturated rings. The second kappa shape index (κ2) is 6.48. The van der Waals surface area contributed by atoms with E-state index in [1.807, 2.05) is 18.7 Å². The molecule has 7 heteroatoms. The summed E-state index contributed by atoms with van der Waals surface area (Å²) in [5.74, 6) is 0.